The van der Waals surface area contributed by atoms with E-state index in [1.165, 1.54) is 20.2 Å². The second kappa shape index (κ2) is 7.16. The highest BCUT2D eigenvalue weighted by Gasteiger charge is 2.32. The van der Waals surface area contributed by atoms with Gasteiger partial charge >= 0.3 is 5.97 Å². The minimum Gasteiger partial charge on any atom is -0.481 e. The molecule has 3 nitrogen and oxygen atoms in total. The van der Waals surface area contributed by atoms with Crippen molar-refractivity contribution in [2.45, 2.75) is 39.2 Å². The summed E-state index contributed by atoms with van der Waals surface area (Å²) in [6.07, 6.45) is 2.81. The number of piperidine rings is 1. The van der Waals surface area contributed by atoms with E-state index in [9.17, 15) is 9.90 Å². The molecule has 1 fully saturated rings. The van der Waals surface area contributed by atoms with Crippen LogP contribution in [0.1, 0.15) is 46.0 Å². The first-order valence-electron chi connectivity index (χ1n) is 8.19. The summed E-state index contributed by atoms with van der Waals surface area (Å²) in [6, 6.07) is 6.91. The van der Waals surface area contributed by atoms with E-state index in [0.717, 1.165) is 25.8 Å². The summed E-state index contributed by atoms with van der Waals surface area (Å²) in [4.78, 5) is 17.9. The zero-order valence-corrected chi connectivity index (χ0v) is 15.3. The minimum atomic E-state index is -0.656. The molecule has 0 aliphatic carbocycles. The SMILES string of the molecule is CCc1ccc(C(c2cc(C)cs2)N2CCCC(C(=O)O)C2)s1. The molecule has 3 rings (SSSR count). The van der Waals surface area contributed by atoms with Gasteiger partial charge < -0.3 is 5.11 Å². The third kappa shape index (κ3) is 3.67. The first-order chi connectivity index (χ1) is 11.1. The lowest BCUT2D eigenvalue weighted by atomic mass is 9.96. The topological polar surface area (TPSA) is 40.5 Å². The Kier molecular flexibility index (Phi) is 5.19. The van der Waals surface area contributed by atoms with Gasteiger partial charge in [-0.15, -0.1) is 22.7 Å². The standard InChI is InChI=1S/C18H23NO2S2/c1-3-14-6-7-15(23-14)17(16-9-12(2)11-22-16)19-8-4-5-13(10-19)18(20)21/h6-7,9,11,13,17H,3-5,8,10H2,1-2H3,(H,20,21). The van der Waals surface area contributed by atoms with Gasteiger partial charge in [-0.05, 0) is 61.9 Å². The summed E-state index contributed by atoms with van der Waals surface area (Å²) in [6.45, 7) is 5.93. The summed E-state index contributed by atoms with van der Waals surface area (Å²) in [5.74, 6) is -0.894. The summed E-state index contributed by atoms with van der Waals surface area (Å²) < 4.78 is 0. The van der Waals surface area contributed by atoms with E-state index in [-0.39, 0.29) is 12.0 Å². The van der Waals surface area contributed by atoms with Gasteiger partial charge in [0.2, 0.25) is 0 Å². The van der Waals surface area contributed by atoms with Crippen LogP contribution in [-0.2, 0) is 11.2 Å². The minimum absolute atomic E-state index is 0.209. The lowest BCUT2D eigenvalue weighted by Gasteiger charge is -2.36. The number of aryl methyl sites for hydroxylation is 2. The molecule has 3 heterocycles. The fourth-order valence-electron chi connectivity index (χ4n) is 3.27. The van der Waals surface area contributed by atoms with Gasteiger partial charge in [-0.3, -0.25) is 9.69 Å². The number of aliphatic carboxylic acids is 1. The molecular weight excluding hydrogens is 326 g/mol. The summed E-state index contributed by atoms with van der Waals surface area (Å²) in [7, 11) is 0. The smallest absolute Gasteiger partial charge is 0.307 e. The summed E-state index contributed by atoms with van der Waals surface area (Å²) in [5.41, 5.74) is 1.29. The van der Waals surface area contributed by atoms with Crippen LogP contribution in [-0.4, -0.2) is 29.1 Å². The molecule has 0 bridgehead atoms. The van der Waals surface area contributed by atoms with Gasteiger partial charge in [-0.1, -0.05) is 6.92 Å². The maximum atomic E-state index is 11.4. The monoisotopic (exact) mass is 349 g/mol. The molecule has 1 N–H and O–H groups in total. The zero-order chi connectivity index (χ0) is 16.4. The summed E-state index contributed by atoms with van der Waals surface area (Å²) >= 11 is 3.66. The Morgan fingerprint density at radius 2 is 2.26 bits per heavy atom. The molecule has 124 valence electrons. The van der Waals surface area contributed by atoms with Crippen molar-refractivity contribution in [3.8, 4) is 0 Å². The zero-order valence-electron chi connectivity index (χ0n) is 13.6. The number of carboxylic acids is 1. The molecule has 0 radical (unpaired) electrons. The molecule has 1 aliphatic heterocycles. The molecule has 0 saturated carbocycles. The molecule has 5 heteroatoms. The molecule has 1 aliphatic rings. The van der Waals surface area contributed by atoms with Crippen molar-refractivity contribution in [2.24, 2.45) is 5.92 Å². The molecule has 1 saturated heterocycles. The van der Waals surface area contributed by atoms with Crippen LogP contribution in [0.25, 0.3) is 0 Å². The second-order valence-electron chi connectivity index (χ2n) is 6.26. The van der Waals surface area contributed by atoms with Crippen molar-refractivity contribution in [2.75, 3.05) is 13.1 Å². The van der Waals surface area contributed by atoms with Gasteiger partial charge in [-0.25, -0.2) is 0 Å². The number of likely N-dealkylation sites (tertiary alicyclic amines) is 1. The Bertz CT molecular complexity index is 676. The third-order valence-electron chi connectivity index (χ3n) is 4.49. The Balaban J connectivity index is 1.93. The van der Waals surface area contributed by atoms with E-state index in [1.54, 1.807) is 11.3 Å². The number of carbonyl (C=O) groups is 1. The molecule has 0 spiro atoms. The Morgan fingerprint density at radius 3 is 2.87 bits per heavy atom. The van der Waals surface area contributed by atoms with Crippen molar-refractivity contribution in [3.63, 3.8) is 0 Å². The van der Waals surface area contributed by atoms with Crippen molar-refractivity contribution < 1.29 is 9.90 Å². The maximum absolute atomic E-state index is 11.4. The van der Waals surface area contributed by atoms with Gasteiger partial charge in [0.15, 0.2) is 0 Å². The second-order valence-corrected chi connectivity index (χ2v) is 8.40. The van der Waals surface area contributed by atoms with Crippen LogP contribution in [0.3, 0.4) is 0 Å². The molecule has 2 unspecified atom stereocenters. The number of carboxylic acid groups (broad SMARTS) is 1. The van der Waals surface area contributed by atoms with Crippen molar-refractivity contribution in [1.29, 1.82) is 0 Å². The highest BCUT2D eigenvalue weighted by atomic mass is 32.1. The van der Waals surface area contributed by atoms with Gasteiger partial charge in [-0.2, -0.15) is 0 Å². The van der Waals surface area contributed by atoms with E-state index >= 15 is 0 Å². The maximum Gasteiger partial charge on any atom is 0.307 e. The first kappa shape index (κ1) is 16.7. The first-order valence-corrected chi connectivity index (χ1v) is 9.88. The largest absolute Gasteiger partial charge is 0.481 e. The van der Waals surface area contributed by atoms with E-state index in [4.69, 9.17) is 0 Å². The average molecular weight is 350 g/mol. The van der Waals surface area contributed by atoms with Crippen LogP contribution >= 0.6 is 22.7 Å². The van der Waals surface area contributed by atoms with Gasteiger partial charge in [0.05, 0.1) is 12.0 Å². The molecular formula is C18H23NO2S2. The highest BCUT2D eigenvalue weighted by molar-refractivity contribution is 7.13. The lowest BCUT2D eigenvalue weighted by Crippen LogP contribution is -2.40. The fraction of sp³-hybridized carbons (Fsp3) is 0.500. The van der Waals surface area contributed by atoms with Crippen molar-refractivity contribution in [1.82, 2.24) is 4.90 Å². The van der Waals surface area contributed by atoms with Gasteiger partial charge in [0.25, 0.3) is 0 Å². The Labute approximate surface area is 145 Å². The molecule has 2 aromatic heterocycles. The fourth-order valence-corrected chi connectivity index (χ4v) is 5.50. The van der Waals surface area contributed by atoms with E-state index in [2.05, 4.69) is 42.3 Å². The third-order valence-corrected chi connectivity index (χ3v) is 6.87. The van der Waals surface area contributed by atoms with Gasteiger partial charge in [0.1, 0.15) is 0 Å². The average Bonchev–Trinajstić information content (AvgIpc) is 3.17. The molecule has 23 heavy (non-hydrogen) atoms. The van der Waals surface area contributed by atoms with Crippen LogP contribution in [0.2, 0.25) is 0 Å². The number of rotatable bonds is 5. The predicted octanol–water partition coefficient (Wildman–Crippen LogP) is 4.57. The summed E-state index contributed by atoms with van der Waals surface area (Å²) in [5, 5.41) is 11.6. The van der Waals surface area contributed by atoms with Crippen LogP contribution in [0.4, 0.5) is 0 Å². The van der Waals surface area contributed by atoms with Crippen LogP contribution in [0, 0.1) is 12.8 Å². The molecule has 0 amide bonds. The molecule has 0 aromatic carbocycles. The number of hydrogen-bond acceptors (Lipinski definition) is 4. The van der Waals surface area contributed by atoms with E-state index in [0.29, 0.717) is 6.54 Å². The van der Waals surface area contributed by atoms with Gasteiger partial charge in [0, 0.05) is 21.2 Å². The van der Waals surface area contributed by atoms with Crippen molar-refractivity contribution in [3.05, 3.63) is 43.8 Å². The molecule has 2 atom stereocenters. The quantitative estimate of drug-likeness (QED) is 0.860. The van der Waals surface area contributed by atoms with Crippen molar-refractivity contribution >= 4 is 28.6 Å². The highest BCUT2D eigenvalue weighted by Crippen LogP contribution is 2.38. The van der Waals surface area contributed by atoms with Crippen LogP contribution in [0.15, 0.2) is 23.6 Å². The lowest BCUT2D eigenvalue weighted by molar-refractivity contribution is -0.143. The van der Waals surface area contributed by atoms with Crippen LogP contribution in [0.5, 0.6) is 0 Å². The number of hydrogen-bond donors (Lipinski definition) is 1. The molecule has 2 aromatic rings. The normalized spacial score (nSPS) is 20.5. The Hall–Kier alpha value is -1.17. The van der Waals surface area contributed by atoms with E-state index in [1.807, 2.05) is 11.3 Å². The van der Waals surface area contributed by atoms with E-state index < -0.39 is 5.97 Å². The van der Waals surface area contributed by atoms with Crippen LogP contribution < -0.4 is 0 Å². The predicted molar refractivity (Wildman–Crippen MR) is 96.5 cm³/mol. The number of nitrogens with zero attached hydrogens (tertiary/aromatic N) is 1. The number of thiophene rings is 2. The Morgan fingerprint density at radius 1 is 1.43 bits per heavy atom.